The van der Waals surface area contributed by atoms with Crippen molar-refractivity contribution in [1.29, 1.82) is 0 Å². The molecule has 2 amide bonds. The maximum atomic E-state index is 12.0. The van der Waals surface area contributed by atoms with Gasteiger partial charge < -0.3 is 20.6 Å². The van der Waals surface area contributed by atoms with Crippen molar-refractivity contribution in [1.82, 2.24) is 15.6 Å². The van der Waals surface area contributed by atoms with E-state index in [0.717, 1.165) is 30.9 Å². The minimum Gasteiger partial charge on any atom is -0.388 e. The molecule has 2 rings (SSSR count). The molecular formula is C19H32N4O2. The lowest BCUT2D eigenvalue weighted by Gasteiger charge is -2.24. The van der Waals surface area contributed by atoms with Gasteiger partial charge >= 0.3 is 6.03 Å². The van der Waals surface area contributed by atoms with Crippen molar-refractivity contribution in [3.63, 3.8) is 0 Å². The van der Waals surface area contributed by atoms with Crippen LogP contribution in [0.15, 0.2) is 18.3 Å². The topological polar surface area (TPSA) is 77.5 Å². The second-order valence-electron chi connectivity index (χ2n) is 7.68. The summed E-state index contributed by atoms with van der Waals surface area (Å²) in [4.78, 5) is 18.7. The van der Waals surface area contributed by atoms with Crippen molar-refractivity contribution in [2.75, 3.05) is 24.5 Å². The Kier molecular flexibility index (Phi) is 7.05. The van der Waals surface area contributed by atoms with Gasteiger partial charge in [-0.3, -0.25) is 0 Å². The molecule has 0 aromatic carbocycles. The molecule has 0 bridgehead atoms. The Hall–Kier alpha value is -1.82. The molecule has 6 heteroatoms. The molecule has 6 nitrogen and oxygen atoms in total. The highest BCUT2D eigenvalue weighted by Gasteiger charge is 2.21. The number of aliphatic hydroxyl groups is 1. The highest BCUT2D eigenvalue weighted by Crippen LogP contribution is 2.18. The molecule has 1 atom stereocenters. The van der Waals surface area contributed by atoms with E-state index in [9.17, 15) is 9.90 Å². The van der Waals surface area contributed by atoms with Crippen molar-refractivity contribution in [3.05, 3.63) is 23.9 Å². The number of rotatable bonds is 8. The first-order valence-corrected chi connectivity index (χ1v) is 9.30. The largest absolute Gasteiger partial charge is 0.388 e. The summed E-state index contributed by atoms with van der Waals surface area (Å²) in [5, 5.41) is 15.9. The van der Waals surface area contributed by atoms with Gasteiger partial charge in [-0.15, -0.1) is 0 Å². The van der Waals surface area contributed by atoms with Gasteiger partial charge in [0.05, 0.1) is 5.60 Å². The summed E-state index contributed by atoms with van der Waals surface area (Å²) in [5.74, 6) is 1.52. The summed E-state index contributed by atoms with van der Waals surface area (Å²) in [6, 6.07) is 3.69. The number of carbonyl (C=O) groups is 1. The van der Waals surface area contributed by atoms with Crippen LogP contribution < -0.4 is 15.5 Å². The molecule has 2 heterocycles. The van der Waals surface area contributed by atoms with Gasteiger partial charge in [-0.25, -0.2) is 9.78 Å². The van der Waals surface area contributed by atoms with Gasteiger partial charge in [-0.05, 0) is 56.2 Å². The highest BCUT2D eigenvalue weighted by molar-refractivity contribution is 5.73. The Morgan fingerprint density at radius 2 is 2.08 bits per heavy atom. The lowest BCUT2D eigenvalue weighted by molar-refractivity contribution is 0.0476. The summed E-state index contributed by atoms with van der Waals surface area (Å²) in [5.41, 5.74) is 0.153. The van der Waals surface area contributed by atoms with Gasteiger partial charge in [0.2, 0.25) is 0 Å². The molecule has 3 N–H and O–H groups in total. The number of anilines is 1. The predicted octanol–water partition coefficient (Wildman–Crippen LogP) is 2.67. The summed E-state index contributed by atoms with van der Waals surface area (Å²) in [6.45, 7) is 8.82. The second kappa shape index (κ2) is 9.04. The molecule has 25 heavy (non-hydrogen) atoms. The summed E-state index contributed by atoms with van der Waals surface area (Å²) >= 11 is 0. The number of urea groups is 1. The van der Waals surface area contributed by atoms with Crippen LogP contribution in [0.3, 0.4) is 0 Å². The molecule has 0 saturated carbocycles. The quantitative estimate of drug-likeness (QED) is 0.675. The number of carbonyl (C=O) groups excluding carboxylic acids is 1. The van der Waals surface area contributed by atoms with Gasteiger partial charge in [0, 0.05) is 32.4 Å². The third-order valence-electron chi connectivity index (χ3n) is 4.58. The number of hydrogen-bond donors (Lipinski definition) is 3. The number of nitrogens with one attached hydrogen (secondary N) is 2. The number of nitrogens with zero attached hydrogens (tertiary/aromatic N) is 2. The minimum absolute atomic E-state index is 0.251. The molecule has 1 fully saturated rings. The third-order valence-corrected chi connectivity index (χ3v) is 4.58. The van der Waals surface area contributed by atoms with Crippen molar-refractivity contribution in [3.8, 4) is 0 Å². The maximum Gasteiger partial charge on any atom is 0.315 e. The standard InChI is InChI=1S/C19H32N4O2/c1-15(2)6-8-19(3,25)14-22-18(24)21-13-16-7-9-20-17(12-16)23-10-4-5-11-23/h7,9,12,15,25H,4-6,8,10-11,13-14H2,1-3H3,(H2,21,22,24). The van der Waals surface area contributed by atoms with Gasteiger partial charge in [-0.1, -0.05) is 13.8 Å². The first-order chi connectivity index (χ1) is 11.9. The van der Waals surface area contributed by atoms with Gasteiger partial charge in [0.15, 0.2) is 0 Å². The van der Waals surface area contributed by atoms with E-state index in [1.165, 1.54) is 12.8 Å². The summed E-state index contributed by atoms with van der Waals surface area (Å²) < 4.78 is 0. The monoisotopic (exact) mass is 348 g/mol. The van der Waals surface area contributed by atoms with Crippen LogP contribution in [0.5, 0.6) is 0 Å². The van der Waals surface area contributed by atoms with Crippen LogP contribution in [0, 0.1) is 5.92 Å². The molecule has 0 spiro atoms. The maximum absolute atomic E-state index is 12.0. The zero-order valence-corrected chi connectivity index (χ0v) is 15.7. The van der Waals surface area contributed by atoms with Crippen LogP contribution in [0.1, 0.15) is 52.0 Å². The van der Waals surface area contributed by atoms with E-state index < -0.39 is 5.60 Å². The van der Waals surface area contributed by atoms with Crippen LogP contribution in [0.4, 0.5) is 10.6 Å². The van der Waals surface area contributed by atoms with Gasteiger partial charge in [-0.2, -0.15) is 0 Å². The van der Waals surface area contributed by atoms with Crippen molar-refractivity contribution in [2.45, 2.75) is 58.6 Å². The van der Waals surface area contributed by atoms with Crippen molar-refractivity contribution >= 4 is 11.8 Å². The second-order valence-corrected chi connectivity index (χ2v) is 7.68. The molecule has 140 valence electrons. The van der Waals surface area contributed by atoms with Crippen LogP contribution in [-0.2, 0) is 6.54 Å². The lowest BCUT2D eigenvalue weighted by Crippen LogP contribution is -2.44. The smallest absolute Gasteiger partial charge is 0.315 e. The molecule has 1 aliphatic rings. The Bertz CT molecular complexity index is 554. The zero-order valence-electron chi connectivity index (χ0n) is 15.7. The van der Waals surface area contributed by atoms with Crippen molar-refractivity contribution < 1.29 is 9.90 Å². The molecule has 1 aromatic heterocycles. The van der Waals surface area contributed by atoms with E-state index in [-0.39, 0.29) is 12.6 Å². The fourth-order valence-corrected chi connectivity index (χ4v) is 2.89. The molecule has 1 aromatic rings. The molecule has 0 aliphatic carbocycles. The molecule has 1 unspecified atom stereocenters. The van der Waals surface area contributed by atoms with Crippen LogP contribution >= 0.6 is 0 Å². The van der Waals surface area contributed by atoms with Gasteiger partial charge in [0.25, 0.3) is 0 Å². The Morgan fingerprint density at radius 3 is 2.76 bits per heavy atom. The molecule has 0 radical (unpaired) electrons. The Labute approximate surface area is 151 Å². The van der Waals surface area contributed by atoms with Crippen LogP contribution in [0.2, 0.25) is 0 Å². The fraction of sp³-hybridized carbons (Fsp3) is 0.684. The fourth-order valence-electron chi connectivity index (χ4n) is 2.89. The molecular weight excluding hydrogens is 316 g/mol. The highest BCUT2D eigenvalue weighted by atomic mass is 16.3. The first-order valence-electron chi connectivity index (χ1n) is 9.30. The van der Waals surface area contributed by atoms with Crippen LogP contribution in [0.25, 0.3) is 0 Å². The number of pyridine rings is 1. The van der Waals surface area contributed by atoms with E-state index in [1.807, 2.05) is 12.1 Å². The molecule has 1 saturated heterocycles. The lowest BCUT2D eigenvalue weighted by atomic mass is 9.95. The Balaban J connectivity index is 1.75. The van der Waals surface area contributed by atoms with E-state index >= 15 is 0 Å². The van der Waals surface area contributed by atoms with Crippen LogP contribution in [-0.4, -0.2) is 41.4 Å². The van der Waals surface area contributed by atoms with Gasteiger partial charge in [0.1, 0.15) is 5.82 Å². The number of hydrogen-bond acceptors (Lipinski definition) is 4. The number of amides is 2. The number of aromatic nitrogens is 1. The first kappa shape index (κ1) is 19.5. The van der Waals surface area contributed by atoms with E-state index in [0.29, 0.717) is 18.9 Å². The normalized spacial score (nSPS) is 16.8. The van der Waals surface area contributed by atoms with Crippen molar-refractivity contribution in [2.24, 2.45) is 5.92 Å². The van der Waals surface area contributed by atoms with E-state index in [1.54, 1.807) is 13.1 Å². The summed E-state index contributed by atoms with van der Waals surface area (Å²) in [7, 11) is 0. The third kappa shape index (κ3) is 6.90. The summed E-state index contributed by atoms with van der Waals surface area (Å²) in [6.07, 6.45) is 5.83. The zero-order chi connectivity index (χ0) is 18.3. The van der Waals surface area contributed by atoms with E-state index in [4.69, 9.17) is 0 Å². The molecule has 1 aliphatic heterocycles. The average Bonchev–Trinajstić information content (AvgIpc) is 3.11. The Morgan fingerprint density at radius 1 is 1.36 bits per heavy atom. The average molecular weight is 348 g/mol. The van der Waals surface area contributed by atoms with E-state index in [2.05, 4.69) is 34.4 Å². The predicted molar refractivity (Wildman–Crippen MR) is 101 cm³/mol. The SMILES string of the molecule is CC(C)CCC(C)(O)CNC(=O)NCc1ccnc(N2CCCC2)c1. The minimum atomic E-state index is -0.874.